The number of rotatable bonds is 1. The third-order valence-corrected chi connectivity index (χ3v) is 1.25. The number of aromatic amines is 1. The fourth-order valence-electron chi connectivity index (χ4n) is 0.897. The summed E-state index contributed by atoms with van der Waals surface area (Å²) in [5.74, 6) is 1.08. The topological polar surface area (TPSA) is 28.7 Å². The van der Waals surface area contributed by atoms with E-state index in [1.165, 1.54) is 0 Å². The van der Waals surface area contributed by atoms with Crippen LogP contribution in [0.4, 0.5) is 0 Å². The molecule has 1 N–H and O–H groups in total. The monoisotopic (exact) mass is 168 g/mol. The van der Waals surface area contributed by atoms with Crippen LogP contribution >= 0.6 is 0 Å². The predicted molar refractivity (Wildman–Crippen MR) is 53.1 cm³/mol. The molecule has 0 radical (unpaired) electrons. The molecule has 0 bridgehead atoms. The molecule has 0 aromatic carbocycles. The summed E-state index contributed by atoms with van der Waals surface area (Å²) in [6, 6.07) is 0. The summed E-state index contributed by atoms with van der Waals surface area (Å²) >= 11 is 0. The van der Waals surface area contributed by atoms with Gasteiger partial charge in [-0.15, -0.1) is 0 Å². The molecule has 12 heavy (non-hydrogen) atoms. The average molecular weight is 168 g/mol. The van der Waals surface area contributed by atoms with Crippen LogP contribution in [0.15, 0.2) is 12.4 Å². The van der Waals surface area contributed by atoms with Gasteiger partial charge in [0.15, 0.2) is 0 Å². The summed E-state index contributed by atoms with van der Waals surface area (Å²) < 4.78 is 0. The van der Waals surface area contributed by atoms with Gasteiger partial charge < -0.3 is 4.98 Å². The first kappa shape index (κ1) is 11.2. The maximum Gasteiger partial charge on any atom is 0.106 e. The Labute approximate surface area is 75.4 Å². The van der Waals surface area contributed by atoms with E-state index >= 15 is 0 Å². The molecule has 0 aliphatic carbocycles. The molecule has 0 aliphatic rings. The standard InChI is InChI=1S/C8H14N2.C2H6/c1-8(2,3)6-7-9-4-5-10-7;1-2/h4-5H,6H2,1-3H3,(H,9,10);1-2H3. The van der Waals surface area contributed by atoms with E-state index < -0.39 is 0 Å². The summed E-state index contributed by atoms with van der Waals surface area (Å²) in [6.45, 7) is 10.6. The van der Waals surface area contributed by atoms with Crippen molar-refractivity contribution in [2.24, 2.45) is 5.41 Å². The maximum absolute atomic E-state index is 4.15. The molecule has 0 saturated heterocycles. The zero-order chi connectivity index (χ0) is 9.61. The van der Waals surface area contributed by atoms with Crippen molar-refractivity contribution in [1.82, 2.24) is 9.97 Å². The van der Waals surface area contributed by atoms with E-state index in [4.69, 9.17) is 0 Å². The maximum atomic E-state index is 4.15. The summed E-state index contributed by atoms with van der Waals surface area (Å²) in [6.07, 6.45) is 4.67. The summed E-state index contributed by atoms with van der Waals surface area (Å²) in [4.78, 5) is 7.23. The highest BCUT2D eigenvalue weighted by atomic mass is 14.9. The van der Waals surface area contributed by atoms with Gasteiger partial charge >= 0.3 is 0 Å². The zero-order valence-corrected chi connectivity index (χ0v) is 8.81. The van der Waals surface area contributed by atoms with Gasteiger partial charge in [0.05, 0.1) is 0 Å². The van der Waals surface area contributed by atoms with Gasteiger partial charge in [0.2, 0.25) is 0 Å². The van der Waals surface area contributed by atoms with Crippen molar-refractivity contribution in [3.05, 3.63) is 18.2 Å². The van der Waals surface area contributed by atoms with Crippen LogP contribution in [0.1, 0.15) is 40.4 Å². The lowest BCUT2D eigenvalue weighted by atomic mass is 9.92. The number of imidazole rings is 1. The lowest BCUT2D eigenvalue weighted by Gasteiger charge is -2.15. The van der Waals surface area contributed by atoms with Gasteiger partial charge in [-0.1, -0.05) is 34.6 Å². The van der Waals surface area contributed by atoms with Crippen molar-refractivity contribution in [3.63, 3.8) is 0 Å². The third kappa shape index (κ3) is 4.94. The number of nitrogens with zero attached hydrogens (tertiary/aromatic N) is 1. The van der Waals surface area contributed by atoms with Crippen LogP contribution in [0.5, 0.6) is 0 Å². The Morgan fingerprint density at radius 1 is 1.33 bits per heavy atom. The van der Waals surface area contributed by atoms with E-state index in [1.54, 1.807) is 6.20 Å². The molecule has 1 rings (SSSR count). The summed E-state index contributed by atoms with van der Waals surface area (Å²) in [7, 11) is 0. The van der Waals surface area contributed by atoms with Crippen LogP contribution in [0, 0.1) is 5.41 Å². The van der Waals surface area contributed by atoms with E-state index in [0.29, 0.717) is 5.41 Å². The molecule has 0 spiro atoms. The highest BCUT2D eigenvalue weighted by molar-refractivity contribution is 4.90. The van der Waals surface area contributed by atoms with Gasteiger partial charge in [-0.25, -0.2) is 4.98 Å². The molecule has 1 heterocycles. The van der Waals surface area contributed by atoms with E-state index in [-0.39, 0.29) is 0 Å². The minimum absolute atomic E-state index is 0.331. The van der Waals surface area contributed by atoms with Crippen LogP contribution in [0.2, 0.25) is 0 Å². The van der Waals surface area contributed by atoms with Gasteiger partial charge in [0, 0.05) is 18.8 Å². The second-order valence-corrected chi connectivity index (χ2v) is 3.77. The highest BCUT2D eigenvalue weighted by Crippen LogP contribution is 2.17. The minimum atomic E-state index is 0.331. The average Bonchev–Trinajstić information content (AvgIpc) is 2.41. The van der Waals surface area contributed by atoms with Crippen LogP contribution in [-0.4, -0.2) is 9.97 Å². The van der Waals surface area contributed by atoms with Crippen molar-refractivity contribution in [1.29, 1.82) is 0 Å². The number of hydrogen-bond acceptors (Lipinski definition) is 1. The molecular weight excluding hydrogens is 148 g/mol. The molecule has 2 nitrogen and oxygen atoms in total. The Hall–Kier alpha value is -0.790. The molecule has 70 valence electrons. The normalized spacial score (nSPS) is 10.4. The van der Waals surface area contributed by atoms with Gasteiger partial charge in [-0.05, 0) is 5.41 Å². The summed E-state index contributed by atoms with van der Waals surface area (Å²) in [5, 5.41) is 0. The van der Waals surface area contributed by atoms with Crippen molar-refractivity contribution in [3.8, 4) is 0 Å². The van der Waals surface area contributed by atoms with Crippen molar-refractivity contribution in [2.75, 3.05) is 0 Å². The first-order valence-electron chi connectivity index (χ1n) is 4.56. The quantitative estimate of drug-likeness (QED) is 0.686. The van der Waals surface area contributed by atoms with E-state index in [9.17, 15) is 0 Å². The molecule has 0 aliphatic heterocycles. The van der Waals surface area contributed by atoms with Crippen LogP contribution in [0.3, 0.4) is 0 Å². The molecule has 0 fully saturated rings. The Morgan fingerprint density at radius 2 is 1.92 bits per heavy atom. The smallest absolute Gasteiger partial charge is 0.106 e. The Kier molecular flexibility index (Phi) is 4.64. The van der Waals surface area contributed by atoms with Gasteiger partial charge in [-0.2, -0.15) is 0 Å². The first-order chi connectivity index (χ1) is 5.58. The van der Waals surface area contributed by atoms with Gasteiger partial charge in [-0.3, -0.25) is 0 Å². The first-order valence-corrected chi connectivity index (χ1v) is 4.56. The molecule has 0 amide bonds. The largest absolute Gasteiger partial charge is 0.349 e. The van der Waals surface area contributed by atoms with Gasteiger partial charge in [0.25, 0.3) is 0 Å². The van der Waals surface area contributed by atoms with E-state index in [2.05, 4.69) is 30.7 Å². The molecular formula is C10H20N2. The zero-order valence-electron chi connectivity index (χ0n) is 8.81. The van der Waals surface area contributed by atoms with Gasteiger partial charge in [0.1, 0.15) is 5.82 Å². The Balaban J connectivity index is 0.000000561. The molecule has 0 saturated carbocycles. The van der Waals surface area contributed by atoms with Crippen molar-refractivity contribution >= 4 is 0 Å². The summed E-state index contributed by atoms with van der Waals surface area (Å²) in [5.41, 5.74) is 0.331. The lowest BCUT2D eigenvalue weighted by Crippen LogP contribution is -2.10. The molecule has 1 aromatic heterocycles. The number of H-pyrrole nitrogens is 1. The number of aromatic nitrogens is 2. The number of nitrogens with one attached hydrogen (secondary N) is 1. The highest BCUT2D eigenvalue weighted by Gasteiger charge is 2.11. The van der Waals surface area contributed by atoms with Crippen molar-refractivity contribution in [2.45, 2.75) is 41.0 Å². The Bertz CT molecular complexity index is 182. The molecule has 1 aromatic rings. The molecule has 0 unspecified atom stereocenters. The lowest BCUT2D eigenvalue weighted by molar-refractivity contribution is 0.402. The minimum Gasteiger partial charge on any atom is -0.349 e. The van der Waals surface area contributed by atoms with Crippen LogP contribution in [0.25, 0.3) is 0 Å². The van der Waals surface area contributed by atoms with E-state index in [0.717, 1.165) is 12.2 Å². The van der Waals surface area contributed by atoms with Crippen LogP contribution < -0.4 is 0 Å². The SMILES string of the molecule is CC.CC(C)(C)Cc1ncc[nH]1. The Morgan fingerprint density at radius 3 is 2.25 bits per heavy atom. The third-order valence-electron chi connectivity index (χ3n) is 1.25. The second kappa shape index (κ2) is 4.96. The van der Waals surface area contributed by atoms with E-state index in [1.807, 2.05) is 20.0 Å². The predicted octanol–water partition coefficient (Wildman–Crippen LogP) is 3.02. The fourth-order valence-corrected chi connectivity index (χ4v) is 0.897. The second-order valence-electron chi connectivity index (χ2n) is 3.77. The van der Waals surface area contributed by atoms with Crippen molar-refractivity contribution < 1.29 is 0 Å². The molecule has 0 atom stereocenters. The molecule has 2 heteroatoms. The van der Waals surface area contributed by atoms with Crippen LogP contribution in [-0.2, 0) is 6.42 Å². The fraction of sp³-hybridized carbons (Fsp3) is 0.700. The number of hydrogen-bond donors (Lipinski definition) is 1.